The van der Waals surface area contributed by atoms with E-state index in [1.807, 2.05) is 13.1 Å². The minimum atomic E-state index is -0.296. The number of aryl methyl sites for hydroxylation is 1. The quantitative estimate of drug-likeness (QED) is 0.387. The van der Waals surface area contributed by atoms with Gasteiger partial charge in [0.05, 0.1) is 11.9 Å². The number of aromatic nitrogens is 6. The number of nitrogens with two attached hydrogens (primary N) is 1. The first-order valence-electron chi connectivity index (χ1n) is 11.9. The van der Waals surface area contributed by atoms with E-state index < -0.39 is 0 Å². The van der Waals surface area contributed by atoms with Gasteiger partial charge in [0, 0.05) is 62.7 Å². The molecule has 0 amide bonds. The number of piperidine rings is 1. The average molecular weight is 486 g/mol. The fourth-order valence-electron chi connectivity index (χ4n) is 5.60. The third-order valence-electron chi connectivity index (χ3n) is 7.49. The van der Waals surface area contributed by atoms with Gasteiger partial charge in [0.1, 0.15) is 23.7 Å². The molecule has 3 aromatic heterocycles. The second kappa shape index (κ2) is 7.69. The lowest BCUT2D eigenvalue weighted by molar-refractivity contribution is 0.438. The predicted molar refractivity (Wildman–Crippen MR) is 131 cm³/mol. The zero-order chi connectivity index (χ0) is 24.6. The molecule has 3 aliphatic rings. The van der Waals surface area contributed by atoms with E-state index in [4.69, 9.17) is 20.4 Å². The number of hydrogen-bond acceptors (Lipinski definition) is 9. The fourth-order valence-corrected chi connectivity index (χ4v) is 5.60. The Morgan fingerprint density at radius 1 is 1.14 bits per heavy atom. The average Bonchev–Trinajstić information content (AvgIpc) is 3.33. The van der Waals surface area contributed by atoms with Crippen LogP contribution in [0.5, 0.6) is 11.8 Å². The number of hydrogen-bond donors (Lipinski definition) is 2. The number of ether oxygens (including phenoxy) is 1. The molecule has 7 rings (SSSR count). The first kappa shape index (κ1) is 21.2. The maximum Gasteiger partial charge on any atom is 0.324 e. The van der Waals surface area contributed by atoms with Gasteiger partial charge < -0.3 is 20.7 Å². The number of nitrogens with zero attached hydrogens (tertiary/aromatic N) is 7. The second-order valence-electron chi connectivity index (χ2n) is 9.59. The largest absolute Gasteiger partial charge is 0.423 e. The van der Waals surface area contributed by atoms with Crippen molar-refractivity contribution < 1.29 is 9.13 Å². The van der Waals surface area contributed by atoms with E-state index in [1.54, 1.807) is 30.2 Å². The Kier molecular flexibility index (Phi) is 4.53. The van der Waals surface area contributed by atoms with Crippen molar-refractivity contribution in [3.8, 4) is 34.3 Å². The highest BCUT2D eigenvalue weighted by Gasteiger charge is 2.54. The molecule has 10 nitrogen and oxygen atoms in total. The summed E-state index contributed by atoms with van der Waals surface area (Å²) in [4.78, 5) is 20.4. The molecule has 4 aromatic rings. The Bertz CT molecular complexity index is 1510. The van der Waals surface area contributed by atoms with Crippen LogP contribution in [0.4, 0.5) is 15.9 Å². The Labute approximate surface area is 206 Å². The van der Waals surface area contributed by atoms with Crippen molar-refractivity contribution >= 4 is 11.5 Å². The van der Waals surface area contributed by atoms with Gasteiger partial charge in [-0.1, -0.05) is 0 Å². The van der Waals surface area contributed by atoms with Crippen LogP contribution in [0.15, 0.2) is 36.9 Å². The van der Waals surface area contributed by atoms with Crippen LogP contribution in [-0.4, -0.2) is 55.9 Å². The van der Waals surface area contributed by atoms with Crippen LogP contribution in [0, 0.1) is 17.7 Å². The zero-order valence-corrected chi connectivity index (χ0v) is 19.8. The van der Waals surface area contributed by atoms with E-state index in [1.165, 1.54) is 12.4 Å². The Hall–Kier alpha value is -4.12. The molecule has 1 aromatic carbocycles. The van der Waals surface area contributed by atoms with Crippen LogP contribution in [0.2, 0.25) is 0 Å². The van der Waals surface area contributed by atoms with Crippen molar-refractivity contribution in [2.75, 3.05) is 30.4 Å². The van der Waals surface area contributed by atoms with Crippen molar-refractivity contribution in [1.29, 1.82) is 0 Å². The standard InChI is InChI=1S/C25H24FN9O/c1-28-19-5-13(26)4-16-15(19)6-20-21(16)24(35-9-17-18(10-35)22(17)27)33-25(32-20)36-14-3-12(7-29-8-14)23-30-11-31-34(23)2/h3-5,7-8,11,17-18,22,28H,6,9-10,27H2,1-2H3. The summed E-state index contributed by atoms with van der Waals surface area (Å²) in [6.45, 7) is 1.64. The van der Waals surface area contributed by atoms with Gasteiger partial charge in [-0.05, 0) is 41.2 Å². The molecule has 2 unspecified atom stereocenters. The number of halogens is 1. The Morgan fingerprint density at radius 2 is 1.97 bits per heavy atom. The van der Waals surface area contributed by atoms with Gasteiger partial charge in [-0.3, -0.25) is 4.98 Å². The monoisotopic (exact) mass is 485 g/mol. The molecule has 2 fully saturated rings. The number of rotatable bonds is 5. The smallest absolute Gasteiger partial charge is 0.324 e. The highest BCUT2D eigenvalue weighted by atomic mass is 19.1. The highest BCUT2D eigenvalue weighted by molar-refractivity contribution is 5.88. The van der Waals surface area contributed by atoms with Crippen molar-refractivity contribution in [3.63, 3.8) is 0 Å². The molecule has 0 radical (unpaired) electrons. The van der Waals surface area contributed by atoms with E-state index in [2.05, 4.69) is 25.3 Å². The summed E-state index contributed by atoms with van der Waals surface area (Å²) >= 11 is 0. The summed E-state index contributed by atoms with van der Waals surface area (Å²) in [5, 5.41) is 7.24. The van der Waals surface area contributed by atoms with Crippen LogP contribution >= 0.6 is 0 Å². The molecular formula is C25H24FN9O. The number of benzene rings is 1. The molecule has 0 bridgehead atoms. The summed E-state index contributed by atoms with van der Waals surface area (Å²) < 4.78 is 22.3. The summed E-state index contributed by atoms with van der Waals surface area (Å²) in [6.07, 6.45) is 5.37. The van der Waals surface area contributed by atoms with Gasteiger partial charge in [0.2, 0.25) is 0 Å². The zero-order valence-electron chi connectivity index (χ0n) is 19.8. The molecule has 11 heteroatoms. The normalized spacial score (nSPS) is 21.2. The topological polar surface area (TPSA) is 120 Å². The first-order chi connectivity index (χ1) is 17.5. The molecule has 2 atom stereocenters. The molecule has 1 aliphatic heterocycles. The van der Waals surface area contributed by atoms with Gasteiger partial charge in [0.15, 0.2) is 5.82 Å². The van der Waals surface area contributed by atoms with Gasteiger partial charge in [-0.15, -0.1) is 0 Å². The maximum absolute atomic E-state index is 14.5. The van der Waals surface area contributed by atoms with Crippen LogP contribution in [-0.2, 0) is 13.5 Å². The maximum atomic E-state index is 14.5. The molecule has 4 heterocycles. The third-order valence-corrected chi connectivity index (χ3v) is 7.49. The molecule has 182 valence electrons. The number of anilines is 2. The minimum Gasteiger partial charge on any atom is -0.423 e. The van der Waals surface area contributed by atoms with E-state index in [0.29, 0.717) is 29.8 Å². The first-order valence-corrected chi connectivity index (χ1v) is 11.9. The number of nitrogens with one attached hydrogen (secondary N) is 1. The lowest BCUT2D eigenvalue weighted by atomic mass is 10.0. The Morgan fingerprint density at radius 3 is 2.72 bits per heavy atom. The molecule has 0 spiro atoms. The van der Waals surface area contributed by atoms with Crippen LogP contribution in [0.25, 0.3) is 22.5 Å². The van der Waals surface area contributed by atoms with Crippen molar-refractivity contribution in [1.82, 2.24) is 29.7 Å². The van der Waals surface area contributed by atoms with Crippen LogP contribution in [0.1, 0.15) is 11.3 Å². The minimum absolute atomic E-state index is 0.227. The molecular weight excluding hydrogens is 461 g/mol. The fraction of sp³-hybridized carbons (Fsp3) is 0.320. The van der Waals surface area contributed by atoms with Gasteiger partial charge >= 0.3 is 6.01 Å². The Balaban J connectivity index is 1.30. The summed E-state index contributed by atoms with van der Waals surface area (Å²) in [5.74, 6) is 2.56. The summed E-state index contributed by atoms with van der Waals surface area (Å²) in [7, 11) is 3.61. The van der Waals surface area contributed by atoms with Gasteiger partial charge in [-0.2, -0.15) is 15.1 Å². The highest BCUT2D eigenvalue weighted by Crippen LogP contribution is 2.50. The van der Waals surface area contributed by atoms with E-state index in [0.717, 1.165) is 52.5 Å². The second-order valence-corrected chi connectivity index (χ2v) is 9.59. The molecule has 36 heavy (non-hydrogen) atoms. The van der Waals surface area contributed by atoms with E-state index >= 15 is 0 Å². The SMILES string of the molecule is CNc1cc(F)cc2c1Cc1nc(Oc3cncc(-c4ncnn4C)c3)nc(N3CC4C(N)C4C3)c1-2. The lowest BCUT2D eigenvalue weighted by Gasteiger charge is -2.23. The molecule has 3 N–H and O–H groups in total. The van der Waals surface area contributed by atoms with Crippen molar-refractivity contribution in [2.24, 2.45) is 24.6 Å². The molecule has 2 aliphatic carbocycles. The van der Waals surface area contributed by atoms with Crippen molar-refractivity contribution in [3.05, 3.63) is 54.0 Å². The van der Waals surface area contributed by atoms with Gasteiger partial charge in [0.25, 0.3) is 0 Å². The van der Waals surface area contributed by atoms with E-state index in [9.17, 15) is 4.39 Å². The summed E-state index contributed by atoms with van der Waals surface area (Å²) in [6, 6.07) is 5.40. The lowest BCUT2D eigenvalue weighted by Crippen LogP contribution is -2.29. The number of fused-ring (bicyclic) bond motifs is 4. The molecule has 1 saturated carbocycles. The summed E-state index contributed by atoms with van der Waals surface area (Å²) in [5.41, 5.74) is 11.2. The third kappa shape index (κ3) is 3.23. The van der Waals surface area contributed by atoms with Crippen molar-refractivity contribution in [2.45, 2.75) is 12.5 Å². The van der Waals surface area contributed by atoms with Crippen LogP contribution in [0.3, 0.4) is 0 Å². The van der Waals surface area contributed by atoms with Gasteiger partial charge in [-0.25, -0.2) is 14.1 Å². The molecule has 1 saturated heterocycles. The van der Waals surface area contributed by atoms with E-state index in [-0.39, 0.29) is 17.9 Å². The predicted octanol–water partition coefficient (Wildman–Crippen LogP) is 2.60. The number of pyridine rings is 1. The van der Waals surface area contributed by atoms with Crippen LogP contribution < -0.4 is 20.7 Å².